The SMILES string of the molecule is CCCCCCCCCC(Cc1ccccc1)C(=O)NC1CCC(C(CNC(=O)C2OC(C)(C)OCC2(C)C)C(=O)O)CC1. The predicted molar refractivity (Wildman–Crippen MR) is 173 cm³/mol. The Hall–Kier alpha value is -2.45. The molecule has 8 nitrogen and oxygen atoms in total. The van der Waals surface area contributed by atoms with Gasteiger partial charge in [0.1, 0.15) is 6.10 Å². The van der Waals surface area contributed by atoms with Crippen molar-refractivity contribution in [3.05, 3.63) is 35.9 Å². The molecule has 0 radical (unpaired) electrons. The first-order chi connectivity index (χ1) is 20.9. The second-order valence-electron chi connectivity index (χ2n) is 14.3. The van der Waals surface area contributed by atoms with E-state index in [2.05, 4.69) is 29.7 Å². The van der Waals surface area contributed by atoms with Gasteiger partial charge in [-0.25, -0.2) is 0 Å². The van der Waals surface area contributed by atoms with E-state index < -0.39 is 29.2 Å². The Balaban J connectivity index is 1.50. The second kappa shape index (κ2) is 17.3. The van der Waals surface area contributed by atoms with E-state index in [4.69, 9.17) is 9.47 Å². The van der Waals surface area contributed by atoms with Gasteiger partial charge in [-0.15, -0.1) is 0 Å². The molecule has 3 N–H and O–H groups in total. The molecule has 3 rings (SSSR count). The molecule has 2 aliphatic rings. The van der Waals surface area contributed by atoms with Crippen LogP contribution in [-0.2, 0) is 30.3 Å². The third-order valence-electron chi connectivity index (χ3n) is 9.49. The van der Waals surface area contributed by atoms with Gasteiger partial charge in [-0.2, -0.15) is 0 Å². The number of ether oxygens (including phenoxy) is 2. The van der Waals surface area contributed by atoms with Gasteiger partial charge in [0.2, 0.25) is 11.8 Å². The lowest BCUT2D eigenvalue weighted by atomic mass is 9.77. The average molecular weight is 615 g/mol. The van der Waals surface area contributed by atoms with Crippen LogP contribution in [0.25, 0.3) is 0 Å². The van der Waals surface area contributed by atoms with Crippen LogP contribution in [0.3, 0.4) is 0 Å². The molecule has 248 valence electrons. The lowest BCUT2D eigenvalue weighted by Crippen LogP contribution is -2.57. The molecule has 0 spiro atoms. The molecule has 0 bridgehead atoms. The highest BCUT2D eigenvalue weighted by atomic mass is 16.7. The molecule has 2 fully saturated rings. The summed E-state index contributed by atoms with van der Waals surface area (Å²) in [4.78, 5) is 38.9. The number of rotatable bonds is 17. The fourth-order valence-electron chi connectivity index (χ4n) is 6.64. The van der Waals surface area contributed by atoms with E-state index in [0.717, 1.165) is 38.5 Å². The summed E-state index contributed by atoms with van der Waals surface area (Å²) in [6, 6.07) is 10.3. The van der Waals surface area contributed by atoms with Crippen molar-refractivity contribution in [3.63, 3.8) is 0 Å². The maximum atomic E-state index is 13.5. The van der Waals surface area contributed by atoms with Gasteiger partial charge in [-0.3, -0.25) is 14.4 Å². The van der Waals surface area contributed by atoms with Gasteiger partial charge in [0, 0.05) is 23.9 Å². The molecule has 44 heavy (non-hydrogen) atoms. The number of carbonyl (C=O) groups is 3. The van der Waals surface area contributed by atoms with Crippen molar-refractivity contribution < 1.29 is 29.0 Å². The average Bonchev–Trinajstić information content (AvgIpc) is 2.98. The zero-order valence-corrected chi connectivity index (χ0v) is 27.9. The number of hydrogen-bond acceptors (Lipinski definition) is 5. The minimum Gasteiger partial charge on any atom is -0.481 e. The van der Waals surface area contributed by atoms with Crippen LogP contribution in [0.1, 0.15) is 117 Å². The molecule has 1 heterocycles. The first-order valence-electron chi connectivity index (χ1n) is 17.1. The first kappa shape index (κ1) is 36.0. The van der Waals surface area contributed by atoms with E-state index in [1.54, 1.807) is 13.8 Å². The summed E-state index contributed by atoms with van der Waals surface area (Å²) < 4.78 is 11.6. The van der Waals surface area contributed by atoms with E-state index in [1.807, 2.05) is 32.0 Å². The van der Waals surface area contributed by atoms with Gasteiger partial charge in [0.05, 0.1) is 12.5 Å². The van der Waals surface area contributed by atoms with E-state index in [1.165, 1.54) is 37.7 Å². The largest absolute Gasteiger partial charge is 0.481 e. The number of hydrogen-bond donors (Lipinski definition) is 3. The van der Waals surface area contributed by atoms with Crippen molar-refractivity contribution in [2.45, 2.75) is 136 Å². The summed E-state index contributed by atoms with van der Waals surface area (Å²) >= 11 is 0. The minimum absolute atomic E-state index is 0.0498. The summed E-state index contributed by atoms with van der Waals surface area (Å²) in [5.74, 6) is -2.77. The number of nitrogens with one attached hydrogen (secondary N) is 2. The van der Waals surface area contributed by atoms with Gasteiger partial charge in [0.15, 0.2) is 5.79 Å². The van der Waals surface area contributed by atoms with E-state index in [9.17, 15) is 19.5 Å². The molecule has 3 atom stereocenters. The molecule has 3 unspecified atom stereocenters. The Kier molecular flexibility index (Phi) is 14.2. The molecule has 1 aromatic rings. The molecular weight excluding hydrogens is 556 g/mol. The van der Waals surface area contributed by atoms with Crippen molar-refractivity contribution in [1.29, 1.82) is 0 Å². The highest BCUT2D eigenvalue weighted by Gasteiger charge is 2.46. The highest BCUT2D eigenvalue weighted by Crippen LogP contribution is 2.35. The van der Waals surface area contributed by atoms with Gasteiger partial charge in [-0.05, 0) is 63.9 Å². The van der Waals surface area contributed by atoms with Crippen molar-refractivity contribution in [2.24, 2.45) is 23.2 Å². The first-order valence-corrected chi connectivity index (χ1v) is 17.1. The smallest absolute Gasteiger partial charge is 0.308 e. The van der Waals surface area contributed by atoms with Crippen LogP contribution in [0.5, 0.6) is 0 Å². The molecule has 8 heteroatoms. The van der Waals surface area contributed by atoms with Gasteiger partial charge >= 0.3 is 5.97 Å². The Morgan fingerprint density at radius 2 is 1.57 bits per heavy atom. The number of aliphatic carboxylic acids is 1. The Morgan fingerprint density at radius 3 is 2.20 bits per heavy atom. The van der Waals surface area contributed by atoms with Crippen molar-refractivity contribution in [2.75, 3.05) is 13.2 Å². The maximum Gasteiger partial charge on any atom is 0.308 e. The summed E-state index contributed by atoms with van der Waals surface area (Å²) in [6.07, 6.45) is 12.3. The van der Waals surface area contributed by atoms with Crippen molar-refractivity contribution in [1.82, 2.24) is 10.6 Å². The van der Waals surface area contributed by atoms with Crippen LogP contribution in [0, 0.1) is 23.2 Å². The summed E-state index contributed by atoms with van der Waals surface area (Å²) in [5.41, 5.74) is 0.658. The Labute approximate surface area is 265 Å². The Morgan fingerprint density at radius 1 is 0.932 bits per heavy atom. The summed E-state index contributed by atoms with van der Waals surface area (Å²) in [7, 11) is 0. The number of benzene rings is 1. The topological polar surface area (TPSA) is 114 Å². The van der Waals surface area contributed by atoms with Gasteiger partial charge in [0.25, 0.3) is 0 Å². The third-order valence-corrected chi connectivity index (χ3v) is 9.49. The maximum absolute atomic E-state index is 13.5. The second-order valence-corrected chi connectivity index (χ2v) is 14.3. The van der Waals surface area contributed by atoms with Crippen molar-refractivity contribution >= 4 is 17.8 Å². The van der Waals surface area contributed by atoms with Gasteiger partial charge in [-0.1, -0.05) is 96.0 Å². The van der Waals surface area contributed by atoms with E-state index in [-0.39, 0.29) is 36.2 Å². The molecular formula is C36H58N2O6. The standard InChI is InChI=1S/C36H58N2O6/c1-6-7-8-9-10-11-15-18-28(23-26-16-13-12-14-17-26)32(39)38-29-21-19-27(20-22-29)30(34(41)42)24-37-33(40)31-35(2,3)25-43-36(4,5)44-31/h12-14,16-17,27-31H,6-11,15,18-25H2,1-5H3,(H,37,40)(H,38,39)(H,41,42). The monoisotopic (exact) mass is 614 g/mol. The van der Waals surface area contributed by atoms with Crippen LogP contribution >= 0.6 is 0 Å². The zero-order valence-electron chi connectivity index (χ0n) is 27.9. The fraction of sp³-hybridized carbons (Fsp3) is 0.750. The summed E-state index contributed by atoms with van der Waals surface area (Å²) in [6.45, 7) is 10.0. The number of carboxylic acids is 1. The lowest BCUT2D eigenvalue weighted by molar-refractivity contribution is -0.304. The minimum atomic E-state index is -0.900. The molecule has 1 aliphatic carbocycles. The van der Waals surface area contributed by atoms with E-state index >= 15 is 0 Å². The number of carbonyl (C=O) groups excluding carboxylic acids is 2. The third kappa shape index (κ3) is 11.5. The number of carboxylic acid groups (broad SMARTS) is 1. The van der Waals surface area contributed by atoms with Crippen LogP contribution < -0.4 is 10.6 Å². The normalized spacial score (nSPS) is 24.2. The van der Waals surface area contributed by atoms with Gasteiger partial charge < -0.3 is 25.2 Å². The highest BCUT2D eigenvalue weighted by molar-refractivity contribution is 5.82. The zero-order chi connectivity index (χ0) is 32.2. The predicted octanol–water partition coefficient (Wildman–Crippen LogP) is 6.66. The van der Waals surface area contributed by atoms with Crippen LogP contribution in [0.4, 0.5) is 0 Å². The molecule has 2 amide bonds. The molecule has 1 saturated heterocycles. The fourth-order valence-corrected chi connectivity index (χ4v) is 6.64. The molecule has 1 saturated carbocycles. The molecule has 1 aromatic carbocycles. The molecule has 1 aliphatic heterocycles. The number of unbranched alkanes of at least 4 members (excludes halogenated alkanes) is 6. The number of amides is 2. The van der Waals surface area contributed by atoms with Crippen LogP contribution in [0.2, 0.25) is 0 Å². The van der Waals surface area contributed by atoms with Crippen LogP contribution in [-0.4, -0.2) is 54.0 Å². The van der Waals surface area contributed by atoms with Crippen LogP contribution in [0.15, 0.2) is 30.3 Å². The Bertz CT molecular complexity index is 1030. The van der Waals surface area contributed by atoms with E-state index in [0.29, 0.717) is 19.4 Å². The van der Waals surface area contributed by atoms with Crippen molar-refractivity contribution in [3.8, 4) is 0 Å². The lowest BCUT2D eigenvalue weighted by Gasteiger charge is -2.44. The molecule has 0 aromatic heterocycles. The summed E-state index contributed by atoms with van der Waals surface area (Å²) in [5, 5.41) is 16.2. The quantitative estimate of drug-likeness (QED) is 0.169.